The lowest BCUT2D eigenvalue weighted by atomic mass is 10.1. The molecule has 0 aliphatic rings. The van der Waals surface area contributed by atoms with Gasteiger partial charge in [0, 0.05) is 17.6 Å². The summed E-state index contributed by atoms with van der Waals surface area (Å²) in [5.74, 6) is -0.822. The number of halogens is 2. The number of benzene rings is 2. The molecule has 0 saturated heterocycles. The molecule has 0 fully saturated rings. The van der Waals surface area contributed by atoms with Gasteiger partial charge in [-0.2, -0.15) is 0 Å². The molecule has 0 aromatic heterocycles. The highest BCUT2D eigenvalue weighted by molar-refractivity contribution is 7.89. The van der Waals surface area contributed by atoms with Gasteiger partial charge in [0.25, 0.3) is 5.91 Å². The van der Waals surface area contributed by atoms with E-state index in [4.69, 9.17) is 11.6 Å². The van der Waals surface area contributed by atoms with E-state index in [-0.39, 0.29) is 27.8 Å². The van der Waals surface area contributed by atoms with E-state index in [1.807, 2.05) is 0 Å². The molecule has 1 amide bonds. The van der Waals surface area contributed by atoms with Crippen molar-refractivity contribution in [2.75, 3.05) is 0 Å². The summed E-state index contributed by atoms with van der Waals surface area (Å²) in [6, 6.07) is 9.75. The van der Waals surface area contributed by atoms with Gasteiger partial charge < -0.3 is 5.32 Å². The minimum absolute atomic E-state index is 0.0248. The van der Waals surface area contributed by atoms with Gasteiger partial charge in [0.2, 0.25) is 10.0 Å². The molecule has 2 rings (SSSR count). The Bertz CT molecular complexity index is 907. The molecule has 0 radical (unpaired) electrons. The third kappa shape index (κ3) is 5.52. The van der Waals surface area contributed by atoms with Crippen LogP contribution in [0.5, 0.6) is 0 Å². The van der Waals surface area contributed by atoms with E-state index in [1.165, 1.54) is 30.3 Å². The van der Waals surface area contributed by atoms with Crippen LogP contribution in [0.15, 0.2) is 47.4 Å². The Morgan fingerprint density at radius 2 is 1.73 bits per heavy atom. The van der Waals surface area contributed by atoms with Crippen molar-refractivity contribution >= 4 is 27.5 Å². The van der Waals surface area contributed by atoms with Crippen molar-refractivity contribution in [1.82, 2.24) is 10.0 Å². The molecule has 0 aliphatic heterocycles. The van der Waals surface area contributed by atoms with E-state index in [0.717, 1.165) is 5.56 Å². The summed E-state index contributed by atoms with van der Waals surface area (Å²) in [6.07, 6.45) is 0. The fraction of sp³-hybridized carbons (Fsp3) is 0.278. The van der Waals surface area contributed by atoms with Gasteiger partial charge in [0.05, 0.1) is 5.02 Å². The monoisotopic (exact) mass is 398 g/mol. The number of carbonyl (C=O) groups excluding carboxylic acids is 1. The van der Waals surface area contributed by atoms with E-state index in [0.29, 0.717) is 0 Å². The van der Waals surface area contributed by atoms with Crippen LogP contribution in [0.3, 0.4) is 0 Å². The summed E-state index contributed by atoms with van der Waals surface area (Å²) in [7, 11) is -3.88. The standard InChI is InChI=1S/C18H20ClFN2O3S/c1-18(2,3)22-26(24,25)16-10-13(6-9-15(16)19)17(23)21-11-12-4-7-14(20)8-5-12/h4-10,22H,11H2,1-3H3,(H,21,23). The first-order chi connectivity index (χ1) is 12.0. The van der Waals surface area contributed by atoms with Crippen LogP contribution in [0, 0.1) is 5.82 Å². The second-order valence-corrected chi connectivity index (χ2v) is 8.87. The molecule has 140 valence electrons. The normalized spacial score (nSPS) is 12.0. The Hall–Kier alpha value is -1.96. The van der Waals surface area contributed by atoms with Crippen molar-refractivity contribution in [3.05, 3.63) is 64.4 Å². The molecular weight excluding hydrogens is 379 g/mol. The minimum Gasteiger partial charge on any atom is -0.348 e. The van der Waals surface area contributed by atoms with E-state index in [9.17, 15) is 17.6 Å². The summed E-state index contributed by atoms with van der Waals surface area (Å²) in [5, 5.41) is 2.69. The molecular formula is C18H20ClFN2O3S. The van der Waals surface area contributed by atoms with Gasteiger partial charge in [-0.3, -0.25) is 4.79 Å². The topological polar surface area (TPSA) is 75.3 Å². The number of nitrogens with one attached hydrogen (secondary N) is 2. The summed E-state index contributed by atoms with van der Waals surface area (Å²) in [4.78, 5) is 12.2. The summed E-state index contributed by atoms with van der Waals surface area (Å²) < 4.78 is 40.4. The molecule has 0 spiro atoms. The van der Waals surface area contributed by atoms with E-state index >= 15 is 0 Å². The van der Waals surface area contributed by atoms with E-state index in [1.54, 1.807) is 32.9 Å². The Balaban J connectivity index is 2.20. The Kier molecular flexibility index (Phi) is 6.05. The van der Waals surface area contributed by atoms with Gasteiger partial charge >= 0.3 is 0 Å². The molecule has 0 aliphatic carbocycles. The van der Waals surface area contributed by atoms with Crippen molar-refractivity contribution < 1.29 is 17.6 Å². The lowest BCUT2D eigenvalue weighted by Gasteiger charge is -2.21. The summed E-state index contributed by atoms with van der Waals surface area (Å²) in [6.45, 7) is 5.30. The predicted octanol–water partition coefficient (Wildman–Crippen LogP) is 3.49. The average molecular weight is 399 g/mol. The number of hydrogen-bond acceptors (Lipinski definition) is 3. The number of hydrogen-bond donors (Lipinski definition) is 2. The van der Waals surface area contributed by atoms with Crippen molar-refractivity contribution in [1.29, 1.82) is 0 Å². The van der Waals surface area contributed by atoms with Crippen molar-refractivity contribution in [2.45, 2.75) is 37.8 Å². The molecule has 26 heavy (non-hydrogen) atoms. The summed E-state index contributed by atoms with van der Waals surface area (Å²) >= 11 is 6.02. The second-order valence-electron chi connectivity index (χ2n) is 6.81. The van der Waals surface area contributed by atoms with Crippen molar-refractivity contribution in [3.63, 3.8) is 0 Å². The van der Waals surface area contributed by atoms with E-state index < -0.39 is 21.5 Å². The van der Waals surface area contributed by atoms with Gasteiger partial charge in [-0.25, -0.2) is 17.5 Å². The van der Waals surface area contributed by atoms with Crippen LogP contribution in [0.4, 0.5) is 4.39 Å². The first-order valence-corrected chi connectivity index (χ1v) is 9.70. The SMILES string of the molecule is CC(C)(C)NS(=O)(=O)c1cc(C(=O)NCc2ccc(F)cc2)ccc1Cl. The predicted molar refractivity (Wildman–Crippen MR) is 99.1 cm³/mol. The molecule has 0 saturated carbocycles. The van der Waals surface area contributed by atoms with Crippen LogP contribution in [0.1, 0.15) is 36.7 Å². The van der Waals surface area contributed by atoms with Crippen LogP contribution in [-0.4, -0.2) is 19.9 Å². The first kappa shape index (κ1) is 20.4. The zero-order valence-electron chi connectivity index (χ0n) is 14.6. The molecule has 5 nitrogen and oxygen atoms in total. The fourth-order valence-corrected chi connectivity index (χ4v) is 4.14. The third-order valence-corrected chi connectivity index (χ3v) is 5.53. The van der Waals surface area contributed by atoms with Gasteiger partial charge in [0.15, 0.2) is 0 Å². The Morgan fingerprint density at radius 1 is 1.12 bits per heavy atom. The first-order valence-electron chi connectivity index (χ1n) is 7.84. The fourth-order valence-electron chi connectivity index (χ4n) is 2.20. The molecule has 0 atom stereocenters. The largest absolute Gasteiger partial charge is 0.348 e. The van der Waals surface area contributed by atoms with Crippen molar-refractivity contribution in [2.24, 2.45) is 0 Å². The zero-order chi connectivity index (χ0) is 19.5. The average Bonchev–Trinajstić information content (AvgIpc) is 2.52. The quantitative estimate of drug-likeness (QED) is 0.809. The second kappa shape index (κ2) is 7.73. The molecule has 2 aromatic rings. The van der Waals surface area contributed by atoms with Crippen LogP contribution in [0.25, 0.3) is 0 Å². The third-order valence-electron chi connectivity index (χ3n) is 3.29. The molecule has 8 heteroatoms. The zero-order valence-corrected chi connectivity index (χ0v) is 16.2. The van der Waals surface area contributed by atoms with Gasteiger partial charge in [-0.15, -0.1) is 0 Å². The minimum atomic E-state index is -3.88. The summed E-state index contributed by atoms with van der Waals surface area (Å²) in [5.41, 5.74) is 0.185. The number of amides is 1. The maximum atomic E-state index is 12.9. The van der Waals surface area contributed by atoms with Gasteiger partial charge in [-0.05, 0) is 56.7 Å². The molecule has 0 heterocycles. The molecule has 0 unspecified atom stereocenters. The maximum Gasteiger partial charge on any atom is 0.251 e. The lowest BCUT2D eigenvalue weighted by Crippen LogP contribution is -2.40. The van der Waals surface area contributed by atoms with Crippen molar-refractivity contribution in [3.8, 4) is 0 Å². The Morgan fingerprint density at radius 3 is 2.31 bits per heavy atom. The molecule has 2 aromatic carbocycles. The molecule has 2 N–H and O–H groups in total. The number of carbonyl (C=O) groups is 1. The van der Waals surface area contributed by atoms with Gasteiger partial charge in [0.1, 0.15) is 10.7 Å². The van der Waals surface area contributed by atoms with Crippen LogP contribution >= 0.6 is 11.6 Å². The van der Waals surface area contributed by atoms with E-state index in [2.05, 4.69) is 10.0 Å². The highest BCUT2D eigenvalue weighted by Crippen LogP contribution is 2.24. The number of sulfonamides is 1. The number of rotatable bonds is 5. The lowest BCUT2D eigenvalue weighted by molar-refractivity contribution is 0.0950. The molecule has 0 bridgehead atoms. The maximum absolute atomic E-state index is 12.9. The van der Waals surface area contributed by atoms with Crippen LogP contribution in [0.2, 0.25) is 5.02 Å². The highest BCUT2D eigenvalue weighted by atomic mass is 35.5. The highest BCUT2D eigenvalue weighted by Gasteiger charge is 2.25. The Labute approximate surface area is 157 Å². The van der Waals surface area contributed by atoms with Crippen LogP contribution < -0.4 is 10.0 Å². The van der Waals surface area contributed by atoms with Crippen LogP contribution in [-0.2, 0) is 16.6 Å². The smallest absolute Gasteiger partial charge is 0.251 e. The van der Waals surface area contributed by atoms with Gasteiger partial charge in [-0.1, -0.05) is 23.7 Å².